The van der Waals surface area contributed by atoms with E-state index in [0.29, 0.717) is 0 Å². The van der Waals surface area contributed by atoms with Crippen LogP contribution >= 0.6 is 0 Å². The van der Waals surface area contributed by atoms with Gasteiger partial charge in [-0.25, -0.2) is 0 Å². The first-order valence-corrected chi connectivity index (χ1v) is 4.73. The lowest BCUT2D eigenvalue weighted by molar-refractivity contribution is 0.0315. The van der Waals surface area contributed by atoms with Crippen molar-refractivity contribution < 1.29 is 4.74 Å². The highest BCUT2D eigenvalue weighted by atomic mass is 16.5. The van der Waals surface area contributed by atoms with Gasteiger partial charge >= 0.3 is 0 Å². The molecule has 1 heterocycles. The third-order valence-corrected chi connectivity index (χ3v) is 2.92. The molecule has 0 spiro atoms. The molecule has 64 valence electrons. The highest BCUT2D eigenvalue weighted by Crippen LogP contribution is 2.38. The third kappa shape index (κ3) is 1.57. The predicted molar refractivity (Wildman–Crippen MR) is 44.6 cm³/mol. The Morgan fingerprint density at radius 3 is 2.64 bits per heavy atom. The molecule has 2 nitrogen and oxygen atoms in total. The fraction of sp³-hybridized carbons (Fsp3) is 1.00. The molecule has 0 radical (unpaired) electrons. The summed E-state index contributed by atoms with van der Waals surface area (Å²) in [5, 5.41) is 0. The summed E-state index contributed by atoms with van der Waals surface area (Å²) in [5.41, 5.74) is 0. The summed E-state index contributed by atoms with van der Waals surface area (Å²) in [6.45, 7) is 6.54. The quantitative estimate of drug-likeness (QED) is 0.592. The van der Waals surface area contributed by atoms with E-state index in [2.05, 4.69) is 11.8 Å². The predicted octanol–water partition coefficient (Wildman–Crippen LogP) is 1.12. The smallest absolute Gasteiger partial charge is 0.0594 e. The molecule has 1 saturated heterocycles. The molecule has 0 bridgehead atoms. The molecule has 2 fully saturated rings. The molecule has 0 aromatic rings. The summed E-state index contributed by atoms with van der Waals surface area (Å²) in [7, 11) is 0. The zero-order chi connectivity index (χ0) is 7.68. The Kier molecular flexibility index (Phi) is 2.14. The second kappa shape index (κ2) is 3.11. The van der Waals surface area contributed by atoms with E-state index in [1.807, 2.05) is 0 Å². The zero-order valence-corrected chi connectivity index (χ0v) is 7.25. The van der Waals surface area contributed by atoms with Gasteiger partial charge in [-0.05, 0) is 12.3 Å². The van der Waals surface area contributed by atoms with E-state index in [-0.39, 0.29) is 0 Å². The summed E-state index contributed by atoms with van der Waals surface area (Å²) in [4.78, 5) is 2.59. The van der Waals surface area contributed by atoms with Crippen molar-refractivity contribution in [1.29, 1.82) is 0 Å². The van der Waals surface area contributed by atoms with Crippen molar-refractivity contribution in [3.8, 4) is 0 Å². The van der Waals surface area contributed by atoms with E-state index in [9.17, 15) is 0 Å². The number of ether oxygens (including phenoxy) is 1. The Bertz CT molecular complexity index is 132. The molecule has 2 unspecified atom stereocenters. The van der Waals surface area contributed by atoms with Crippen LogP contribution in [-0.2, 0) is 4.74 Å². The molecule has 1 aliphatic carbocycles. The molecule has 0 N–H and O–H groups in total. The molecular weight excluding hydrogens is 138 g/mol. The average Bonchev–Trinajstić information content (AvgIpc) is 2.85. The van der Waals surface area contributed by atoms with Gasteiger partial charge in [-0.1, -0.05) is 13.3 Å². The van der Waals surface area contributed by atoms with Crippen molar-refractivity contribution in [2.45, 2.75) is 25.8 Å². The standard InChI is InChI=1S/C9H17NO/c1-2-8-7-9(8)10-3-5-11-6-4-10/h8-9H,2-7H2,1H3. The Hall–Kier alpha value is -0.0800. The fourth-order valence-electron chi connectivity index (χ4n) is 2.03. The highest BCUT2D eigenvalue weighted by Gasteiger charge is 2.40. The van der Waals surface area contributed by atoms with Gasteiger partial charge in [-0.2, -0.15) is 0 Å². The Balaban J connectivity index is 1.77. The maximum Gasteiger partial charge on any atom is 0.0594 e. The van der Waals surface area contributed by atoms with Crippen molar-refractivity contribution in [1.82, 2.24) is 4.90 Å². The van der Waals surface area contributed by atoms with E-state index in [4.69, 9.17) is 4.74 Å². The van der Waals surface area contributed by atoms with Crippen LogP contribution in [0.4, 0.5) is 0 Å². The number of rotatable bonds is 2. The zero-order valence-electron chi connectivity index (χ0n) is 7.25. The fourth-order valence-corrected chi connectivity index (χ4v) is 2.03. The normalized spacial score (nSPS) is 39.0. The molecule has 0 amide bonds. The maximum absolute atomic E-state index is 5.30. The molecule has 2 rings (SSSR count). The molecular formula is C9H17NO. The van der Waals surface area contributed by atoms with Gasteiger partial charge in [-0.3, -0.25) is 4.90 Å². The Morgan fingerprint density at radius 2 is 2.09 bits per heavy atom. The molecule has 2 heteroatoms. The Morgan fingerprint density at radius 1 is 1.36 bits per heavy atom. The van der Waals surface area contributed by atoms with Gasteiger partial charge in [0.1, 0.15) is 0 Å². The molecule has 11 heavy (non-hydrogen) atoms. The van der Waals surface area contributed by atoms with Gasteiger partial charge < -0.3 is 4.74 Å². The van der Waals surface area contributed by atoms with Crippen LogP contribution < -0.4 is 0 Å². The van der Waals surface area contributed by atoms with Crippen LogP contribution in [0.2, 0.25) is 0 Å². The first-order chi connectivity index (χ1) is 5.42. The molecule has 1 aliphatic heterocycles. The lowest BCUT2D eigenvalue weighted by Crippen LogP contribution is -2.38. The Labute approximate surface area is 68.5 Å². The van der Waals surface area contributed by atoms with Crippen molar-refractivity contribution >= 4 is 0 Å². The SMILES string of the molecule is CCC1CC1N1CCOCC1. The van der Waals surface area contributed by atoms with E-state index < -0.39 is 0 Å². The molecule has 0 aromatic carbocycles. The van der Waals surface area contributed by atoms with Gasteiger partial charge in [-0.15, -0.1) is 0 Å². The van der Waals surface area contributed by atoms with Gasteiger partial charge in [0.05, 0.1) is 13.2 Å². The van der Waals surface area contributed by atoms with Crippen LogP contribution in [0.3, 0.4) is 0 Å². The van der Waals surface area contributed by atoms with Crippen LogP contribution in [-0.4, -0.2) is 37.2 Å². The molecule has 2 atom stereocenters. The summed E-state index contributed by atoms with van der Waals surface area (Å²) >= 11 is 0. The van der Waals surface area contributed by atoms with Crippen molar-refractivity contribution in [3.05, 3.63) is 0 Å². The topological polar surface area (TPSA) is 12.5 Å². The molecule has 2 aliphatic rings. The first kappa shape index (κ1) is 7.56. The van der Waals surface area contributed by atoms with Crippen molar-refractivity contribution in [2.75, 3.05) is 26.3 Å². The summed E-state index contributed by atoms with van der Waals surface area (Å²) in [6.07, 6.45) is 2.80. The largest absolute Gasteiger partial charge is 0.379 e. The second-order valence-corrected chi connectivity index (χ2v) is 3.62. The molecule has 1 saturated carbocycles. The minimum atomic E-state index is 0.920. The van der Waals surface area contributed by atoms with E-state index in [0.717, 1.165) is 25.2 Å². The third-order valence-electron chi connectivity index (χ3n) is 2.92. The van der Waals surface area contributed by atoms with E-state index >= 15 is 0 Å². The first-order valence-electron chi connectivity index (χ1n) is 4.73. The lowest BCUT2D eigenvalue weighted by atomic mass is 10.3. The summed E-state index contributed by atoms with van der Waals surface area (Å²) in [6, 6.07) is 0.920. The van der Waals surface area contributed by atoms with Crippen LogP contribution in [0.15, 0.2) is 0 Å². The summed E-state index contributed by atoms with van der Waals surface area (Å²) in [5.74, 6) is 1.01. The van der Waals surface area contributed by atoms with Crippen molar-refractivity contribution in [2.24, 2.45) is 5.92 Å². The average molecular weight is 155 g/mol. The summed E-state index contributed by atoms with van der Waals surface area (Å²) < 4.78 is 5.30. The molecule has 0 aromatic heterocycles. The maximum atomic E-state index is 5.30. The van der Waals surface area contributed by atoms with Crippen LogP contribution in [0, 0.1) is 5.92 Å². The minimum Gasteiger partial charge on any atom is -0.379 e. The number of hydrogen-bond donors (Lipinski definition) is 0. The minimum absolute atomic E-state index is 0.920. The number of morpholine rings is 1. The number of hydrogen-bond acceptors (Lipinski definition) is 2. The van der Waals surface area contributed by atoms with Gasteiger partial charge in [0, 0.05) is 19.1 Å². The van der Waals surface area contributed by atoms with Gasteiger partial charge in [0.2, 0.25) is 0 Å². The van der Waals surface area contributed by atoms with Crippen LogP contribution in [0.5, 0.6) is 0 Å². The van der Waals surface area contributed by atoms with Crippen LogP contribution in [0.1, 0.15) is 19.8 Å². The lowest BCUT2D eigenvalue weighted by Gasteiger charge is -2.26. The monoisotopic (exact) mass is 155 g/mol. The van der Waals surface area contributed by atoms with Crippen LogP contribution in [0.25, 0.3) is 0 Å². The van der Waals surface area contributed by atoms with E-state index in [1.54, 1.807) is 0 Å². The second-order valence-electron chi connectivity index (χ2n) is 3.62. The van der Waals surface area contributed by atoms with E-state index in [1.165, 1.54) is 25.9 Å². The van der Waals surface area contributed by atoms with Gasteiger partial charge in [0.15, 0.2) is 0 Å². The van der Waals surface area contributed by atoms with Gasteiger partial charge in [0.25, 0.3) is 0 Å². The highest BCUT2D eigenvalue weighted by molar-refractivity contribution is 4.94. The number of nitrogens with zero attached hydrogens (tertiary/aromatic N) is 1. The van der Waals surface area contributed by atoms with Crippen molar-refractivity contribution in [3.63, 3.8) is 0 Å².